The molecule has 4 rings (SSSR count). The summed E-state index contributed by atoms with van der Waals surface area (Å²) in [4.78, 5) is 3.57. The molecule has 0 spiro atoms. The van der Waals surface area contributed by atoms with Gasteiger partial charge in [0.15, 0.2) is 5.11 Å². The number of aromatic nitrogens is 1. The van der Waals surface area contributed by atoms with E-state index in [1.165, 1.54) is 27.7 Å². The fraction of sp³-hybridized carbons (Fsp3) is 0.375. The molecule has 1 aliphatic carbocycles. The van der Waals surface area contributed by atoms with E-state index in [9.17, 15) is 0 Å². The van der Waals surface area contributed by atoms with E-state index < -0.39 is 0 Å². The molecule has 2 atom stereocenters. The van der Waals surface area contributed by atoms with E-state index >= 15 is 0 Å². The summed E-state index contributed by atoms with van der Waals surface area (Å²) in [5.74, 6) is 1.27. The third-order valence-corrected chi connectivity index (χ3v) is 6.60. The van der Waals surface area contributed by atoms with Crippen LogP contribution in [0.5, 0.6) is 0 Å². The van der Waals surface area contributed by atoms with Gasteiger partial charge in [0.05, 0.1) is 0 Å². The van der Waals surface area contributed by atoms with Gasteiger partial charge in [-0.3, -0.25) is 0 Å². The number of rotatable bonds is 5. The number of para-hydroxylation sites is 1. The van der Waals surface area contributed by atoms with Crippen LogP contribution in [0, 0.1) is 25.2 Å². The summed E-state index contributed by atoms with van der Waals surface area (Å²) in [6.07, 6.45) is 1.12. The standard InChI is InChI=1S/C24H29N3S/c1-15-9-11-17(12-10-15)27-23(28)25-14-13-19-22(24(19,3)4)21-16(2)26-20-8-6-5-7-18(20)21/h5-12,19,22,26H,13-14H2,1-4H3,(H2,25,27,28). The minimum absolute atomic E-state index is 0.323. The van der Waals surface area contributed by atoms with Crippen molar-refractivity contribution in [3.8, 4) is 0 Å². The average Bonchev–Trinajstić information content (AvgIpc) is 3.02. The molecule has 1 fully saturated rings. The zero-order valence-electron chi connectivity index (χ0n) is 17.1. The summed E-state index contributed by atoms with van der Waals surface area (Å²) < 4.78 is 0. The van der Waals surface area contributed by atoms with Gasteiger partial charge < -0.3 is 15.6 Å². The van der Waals surface area contributed by atoms with E-state index in [1.54, 1.807) is 0 Å². The molecule has 3 aromatic rings. The van der Waals surface area contributed by atoms with E-state index in [-0.39, 0.29) is 0 Å². The van der Waals surface area contributed by atoms with Crippen molar-refractivity contribution in [2.75, 3.05) is 11.9 Å². The number of nitrogens with one attached hydrogen (secondary N) is 3. The van der Waals surface area contributed by atoms with Gasteiger partial charge in [-0.1, -0.05) is 49.7 Å². The Morgan fingerprint density at radius 3 is 2.54 bits per heavy atom. The third kappa shape index (κ3) is 3.53. The summed E-state index contributed by atoms with van der Waals surface area (Å²) in [6, 6.07) is 17.0. The highest BCUT2D eigenvalue weighted by molar-refractivity contribution is 7.80. The quantitative estimate of drug-likeness (QED) is 0.474. The van der Waals surface area contributed by atoms with Gasteiger partial charge in [0.25, 0.3) is 0 Å². The Morgan fingerprint density at radius 1 is 1.07 bits per heavy atom. The highest BCUT2D eigenvalue weighted by Gasteiger charge is 2.58. The number of aryl methyl sites for hydroxylation is 2. The summed E-state index contributed by atoms with van der Waals surface area (Å²) in [6.45, 7) is 9.98. The van der Waals surface area contributed by atoms with E-state index in [4.69, 9.17) is 12.2 Å². The summed E-state index contributed by atoms with van der Waals surface area (Å²) >= 11 is 5.46. The van der Waals surface area contributed by atoms with Crippen LogP contribution in [0.1, 0.15) is 43.0 Å². The third-order valence-electron chi connectivity index (χ3n) is 6.36. The maximum absolute atomic E-state index is 5.46. The number of hydrogen-bond acceptors (Lipinski definition) is 1. The first-order valence-electron chi connectivity index (χ1n) is 10.1. The maximum atomic E-state index is 5.46. The van der Waals surface area contributed by atoms with E-state index in [0.29, 0.717) is 22.4 Å². The van der Waals surface area contributed by atoms with Crippen LogP contribution in [0.2, 0.25) is 0 Å². The van der Waals surface area contributed by atoms with Crippen LogP contribution in [0.4, 0.5) is 5.69 Å². The van der Waals surface area contributed by atoms with Crippen molar-refractivity contribution >= 4 is 33.9 Å². The van der Waals surface area contributed by atoms with Gasteiger partial charge in [0.2, 0.25) is 0 Å². The number of aromatic amines is 1. The molecule has 146 valence electrons. The first kappa shape index (κ1) is 19.0. The molecule has 4 heteroatoms. The summed E-state index contributed by atoms with van der Waals surface area (Å²) in [5.41, 5.74) is 6.67. The Morgan fingerprint density at radius 2 is 1.79 bits per heavy atom. The Kier molecular flexibility index (Phi) is 4.92. The van der Waals surface area contributed by atoms with Gasteiger partial charge in [-0.2, -0.15) is 0 Å². The summed E-state index contributed by atoms with van der Waals surface area (Å²) in [5, 5.41) is 8.73. The predicted octanol–water partition coefficient (Wildman–Crippen LogP) is 5.90. The van der Waals surface area contributed by atoms with Crippen LogP contribution in [-0.2, 0) is 0 Å². The fourth-order valence-corrected chi connectivity index (χ4v) is 4.93. The van der Waals surface area contributed by atoms with Crippen molar-refractivity contribution in [2.45, 2.75) is 40.0 Å². The van der Waals surface area contributed by atoms with Crippen LogP contribution in [0.3, 0.4) is 0 Å². The van der Waals surface area contributed by atoms with Crippen molar-refractivity contribution in [2.24, 2.45) is 11.3 Å². The Labute approximate surface area is 172 Å². The van der Waals surface area contributed by atoms with E-state index in [0.717, 1.165) is 18.7 Å². The average molecular weight is 392 g/mol. The van der Waals surface area contributed by atoms with Crippen LogP contribution in [0.15, 0.2) is 48.5 Å². The molecule has 28 heavy (non-hydrogen) atoms. The molecular weight excluding hydrogens is 362 g/mol. The minimum Gasteiger partial charge on any atom is -0.362 e. The largest absolute Gasteiger partial charge is 0.362 e. The van der Waals surface area contributed by atoms with Crippen molar-refractivity contribution in [3.05, 3.63) is 65.4 Å². The first-order chi connectivity index (χ1) is 13.4. The van der Waals surface area contributed by atoms with Gasteiger partial charge in [-0.05, 0) is 73.5 Å². The molecule has 2 unspecified atom stereocenters. The molecule has 1 heterocycles. The van der Waals surface area contributed by atoms with Crippen molar-refractivity contribution in [1.29, 1.82) is 0 Å². The Hall–Kier alpha value is -2.33. The van der Waals surface area contributed by atoms with Crippen LogP contribution < -0.4 is 10.6 Å². The molecule has 1 aromatic heterocycles. The second kappa shape index (κ2) is 7.25. The number of thiocarbonyl (C=S) groups is 1. The van der Waals surface area contributed by atoms with E-state index in [1.807, 2.05) is 0 Å². The molecule has 3 N–H and O–H groups in total. The topological polar surface area (TPSA) is 39.8 Å². The second-order valence-corrected chi connectivity index (χ2v) is 9.06. The zero-order chi connectivity index (χ0) is 19.9. The molecule has 1 aliphatic rings. The van der Waals surface area contributed by atoms with Gasteiger partial charge in [-0.25, -0.2) is 0 Å². The molecule has 0 aliphatic heterocycles. The number of benzene rings is 2. The van der Waals surface area contributed by atoms with Crippen molar-refractivity contribution in [3.63, 3.8) is 0 Å². The zero-order valence-corrected chi connectivity index (χ0v) is 17.9. The van der Waals surface area contributed by atoms with Crippen molar-refractivity contribution in [1.82, 2.24) is 10.3 Å². The number of fused-ring (bicyclic) bond motifs is 1. The van der Waals surface area contributed by atoms with Gasteiger partial charge in [-0.15, -0.1) is 0 Å². The number of anilines is 1. The highest BCUT2D eigenvalue weighted by Crippen LogP contribution is 2.67. The van der Waals surface area contributed by atoms with E-state index in [2.05, 4.69) is 91.8 Å². The SMILES string of the molecule is Cc1ccc(NC(=S)NCCC2C(c3c(C)[nH]c4ccccc34)C2(C)C)cc1. The number of H-pyrrole nitrogens is 1. The number of hydrogen-bond donors (Lipinski definition) is 3. The van der Waals surface area contributed by atoms with Crippen LogP contribution in [0.25, 0.3) is 10.9 Å². The summed E-state index contributed by atoms with van der Waals surface area (Å²) in [7, 11) is 0. The minimum atomic E-state index is 0.323. The first-order valence-corrected chi connectivity index (χ1v) is 10.5. The van der Waals surface area contributed by atoms with Gasteiger partial charge in [0, 0.05) is 28.8 Å². The molecule has 2 aromatic carbocycles. The Balaban J connectivity index is 1.37. The fourth-order valence-electron chi connectivity index (χ4n) is 4.71. The molecule has 0 radical (unpaired) electrons. The lowest BCUT2D eigenvalue weighted by Gasteiger charge is -2.11. The molecule has 1 saturated carbocycles. The Bertz CT molecular complexity index is 1000. The molecule has 0 bridgehead atoms. The second-order valence-electron chi connectivity index (χ2n) is 8.65. The van der Waals surface area contributed by atoms with Crippen LogP contribution >= 0.6 is 12.2 Å². The lowest BCUT2D eigenvalue weighted by molar-refractivity contribution is 0.528. The molecular formula is C24H29N3S. The molecule has 3 nitrogen and oxygen atoms in total. The molecule has 0 amide bonds. The predicted molar refractivity (Wildman–Crippen MR) is 123 cm³/mol. The highest BCUT2D eigenvalue weighted by atomic mass is 32.1. The lowest BCUT2D eigenvalue weighted by atomic mass is 10.0. The van der Waals surface area contributed by atoms with Gasteiger partial charge >= 0.3 is 0 Å². The van der Waals surface area contributed by atoms with Gasteiger partial charge in [0.1, 0.15) is 0 Å². The smallest absolute Gasteiger partial charge is 0.170 e. The monoisotopic (exact) mass is 391 g/mol. The molecule has 0 saturated heterocycles. The lowest BCUT2D eigenvalue weighted by Crippen LogP contribution is -2.29. The van der Waals surface area contributed by atoms with Crippen molar-refractivity contribution < 1.29 is 0 Å². The normalized spacial score (nSPS) is 20.1. The maximum Gasteiger partial charge on any atom is 0.170 e. The van der Waals surface area contributed by atoms with Crippen LogP contribution in [-0.4, -0.2) is 16.6 Å².